The molecular weight excluding hydrogens is 418 g/mol. The van der Waals surface area contributed by atoms with E-state index in [9.17, 15) is 14.4 Å². The van der Waals surface area contributed by atoms with Crippen molar-refractivity contribution in [1.82, 2.24) is 15.8 Å². The van der Waals surface area contributed by atoms with Gasteiger partial charge in [0.1, 0.15) is 17.4 Å². The lowest BCUT2D eigenvalue weighted by molar-refractivity contribution is -0.148. The number of nitrogens with one attached hydrogen (secondary N) is 2. The van der Waals surface area contributed by atoms with Gasteiger partial charge in [0.2, 0.25) is 0 Å². The van der Waals surface area contributed by atoms with Crippen molar-refractivity contribution in [3.8, 4) is 5.75 Å². The van der Waals surface area contributed by atoms with Gasteiger partial charge in [-0.25, -0.2) is 4.98 Å². The Hall–Kier alpha value is -3.72. The van der Waals surface area contributed by atoms with E-state index in [0.29, 0.717) is 17.9 Å². The van der Waals surface area contributed by atoms with Crippen LogP contribution in [0.15, 0.2) is 60.0 Å². The summed E-state index contributed by atoms with van der Waals surface area (Å²) in [5, 5.41) is 2.47. The molecule has 160 valence electrons. The summed E-state index contributed by atoms with van der Waals surface area (Å²) in [7, 11) is 0. The Bertz CT molecular complexity index is 1030. The van der Waals surface area contributed by atoms with Crippen LogP contribution in [0.1, 0.15) is 26.6 Å². The molecule has 3 aromatic rings. The Morgan fingerprint density at radius 2 is 1.74 bits per heavy atom. The van der Waals surface area contributed by atoms with Gasteiger partial charge in [-0.2, -0.15) is 0 Å². The predicted molar refractivity (Wildman–Crippen MR) is 114 cm³/mol. The van der Waals surface area contributed by atoms with E-state index in [1.807, 2.05) is 31.2 Å². The molecule has 2 amide bonds. The van der Waals surface area contributed by atoms with Gasteiger partial charge in [-0.3, -0.25) is 25.2 Å². The fourth-order valence-corrected chi connectivity index (χ4v) is 3.15. The van der Waals surface area contributed by atoms with Crippen molar-refractivity contribution >= 4 is 29.1 Å². The Morgan fingerprint density at radius 3 is 2.48 bits per heavy atom. The van der Waals surface area contributed by atoms with E-state index in [0.717, 1.165) is 16.3 Å². The molecule has 8 nitrogen and oxygen atoms in total. The lowest BCUT2D eigenvalue weighted by Gasteiger charge is -2.07. The summed E-state index contributed by atoms with van der Waals surface area (Å²) in [6.45, 7) is 1.79. The third-order valence-electron chi connectivity index (χ3n) is 4.02. The van der Waals surface area contributed by atoms with Crippen LogP contribution in [0.4, 0.5) is 0 Å². The first kappa shape index (κ1) is 22.0. The number of ether oxygens (including phenoxy) is 2. The number of hydrazine groups is 1. The molecule has 0 aliphatic carbocycles. The van der Waals surface area contributed by atoms with Crippen molar-refractivity contribution in [3.63, 3.8) is 0 Å². The largest absolute Gasteiger partial charge is 0.486 e. The van der Waals surface area contributed by atoms with Crippen LogP contribution in [0.3, 0.4) is 0 Å². The molecule has 1 heterocycles. The van der Waals surface area contributed by atoms with E-state index in [1.54, 1.807) is 35.7 Å². The monoisotopic (exact) mass is 439 g/mol. The van der Waals surface area contributed by atoms with Crippen LogP contribution in [-0.2, 0) is 27.4 Å². The van der Waals surface area contributed by atoms with Crippen LogP contribution in [0.2, 0.25) is 0 Å². The molecule has 1 aromatic heterocycles. The van der Waals surface area contributed by atoms with E-state index in [2.05, 4.69) is 15.8 Å². The summed E-state index contributed by atoms with van der Waals surface area (Å²) in [5.74, 6) is -0.973. The molecule has 2 aromatic carbocycles. The molecule has 3 rings (SSSR count). The molecule has 0 unspecified atom stereocenters. The summed E-state index contributed by atoms with van der Waals surface area (Å²) in [6.07, 6.45) is -0.0648. The van der Waals surface area contributed by atoms with Gasteiger partial charge in [0.15, 0.2) is 6.61 Å². The number of amides is 2. The quantitative estimate of drug-likeness (QED) is 0.413. The van der Waals surface area contributed by atoms with Crippen molar-refractivity contribution < 1.29 is 23.9 Å². The molecule has 0 aliphatic heterocycles. The number of aryl methyl sites for hydroxylation is 1. The first-order valence-corrected chi connectivity index (χ1v) is 10.3. The maximum Gasteiger partial charge on any atom is 0.312 e. The number of hydrogen-bond acceptors (Lipinski definition) is 7. The lowest BCUT2D eigenvalue weighted by Crippen LogP contribution is -2.43. The van der Waals surface area contributed by atoms with Crippen molar-refractivity contribution in [2.75, 3.05) is 6.61 Å². The topological polar surface area (TPSA) is 107 Å². The Morgan fingerprint density at radius 1 is 1.00 bits per heavy atom. The first-order valence-electron chi connectivity index (χ1n) is 9.42. The molecule has 31 heavy (non-hydrogen) atoms. The highest BCUT2D eigenvalue weighted by Gasteiger charge is 2.12. The van der Waals surface area contributed by atoms with Crippen LogP contribution in [0.25, 0.3) is 0 Å². The Kier molecular flexibility index (Phi) is 7.72. The van der Waals surface area contributed by atoms with Gasteiger partial charge < -0.3 is 9.47 Å². The summed E-state index contributed by atoms with van der Waals surface area (Å²) >= 11 is 1.38. The number of carbonyl (C=O) groups is 3. The zero-order chi connectivity index (χ0) is 22.1. The molecule has 0 atom stereocenters. The van der Waals surface area contributed by atoms with Crippen LogP contribution in [0, 0.1) is 6.92 Å². The second-order valence-electron chi connectivity index (χ2n) is 6.54. The van der Waals surface area contributed by atoms with Crippen LogP contribution >= 0.6 is 11.3 Å². The Balaban J connectivity index is 1.36. The SMILES string of the molecule is Cc1ccc(OCc2nc(CC(=O)OCC(=O)NNC(=O)c3ccccc3)cs2)cc1. The predicted octanol–water partition coefficient (Wildman–Crippen LogP) is 2.58. The minimum atomic E-state index is -0.650. The number of hydrogen-bond donors (Lipinski definition) is 2. The van der Waals surface area contributed by atoms with Gasteiger partial charge in [-0.15, -0.1) is 11.3 Å². The molecule has 2 N–H and O–H groups in total. The fourth-order valence-electron chi connectivity index (χ4n) is 2.45. The van der Waals surface area contributed by atoms with Gasteiger partial charge in [-0.05, 0) is 31.2 Å². The summed E-state index contributed by atoms with van der Waals surface area (Å²) in [4.78, 5) is 39.9. The standard InChI is InChI=1S/C22H21N3O5S/c1-15-7-9-18(10-8-15)29-13-20-23-17(14-31-20)11-21(27)30-12-19(26)24-25-22(28)16-5-3-2-4-6-16/h2-10,14H,11-13H2,1H3,(H,24,26)(H,25,28). The van der Waals surface area contributed by atoms with Gasteiger partial charge in [0.25, 0.3) is 11.8 Å². The summed E-state index contributed by atoms with van der Waals surface area (Å²) in [6, 6.07) is 16.1. The summed E-state index contributed by atoms with van der Waals surface area (Å²) in [5.41, 5.74) is 6.52. The zero-order valence-corrected chi connectivity index (χ0v) is 17.6. The molecule has 0 spiro atoms. The van der Waals surface area contributed by atoms with E-state index < -0.39 is 24.4 Å². The molecule has 0 bridgehead atoms. The minimum absolute atomic E-state index is 0.0648. The number of rotatable bonds is 8. The van der Waals surface area contributed by atoms with E-state index in [-0.39, 0.29) is 6.42 Å². The molecule has 0 saturated carbocycles. The molecule has 0 saturated heterocycles. The number of carbonyl (C=O) groups excluding carboxylic acids is 3. The average molecular weight is 439 g/mol. The van der Waals surface area contributed by atoms with E-state index in [1.165, 1.54) is 11.3 Å². The molecule has 0 fully saturated rings. The first-order chi connectivity index (χ1) is 15.0. The van der Waals surface area contributed by atoms with E-state index >= 15 is 0 Å². The highest BCUT2D eigenvalue weighted by atomic mass is 32.1. The Labute approximate surface area is 183 Å². The maximum atomic E-state index is 11.9. The normalized spacial score (nSPS) is 10.2. The van der Waals surface area contributed by atoms with Crippen LogP contribution in [0.5, 0.6) is 5.75 Å². The minimum Gasteiger partial charge on any atom is -0.486 e. The number of nitrogens with zero attached hydrogens (tertiary/aromatic N) is 1. The third kappa shape index (κ3) is 7.23. The fraction of sp³-hybridized carbons (Fsp3) is 0.182. The van der Waals surface area contributed by atoms with Gasteiger partial charge >= 0.3 is 5.97 Å². The zero-order valence-electron chi connectivity index (χ0n) is 16.8. The maximum absolute atomic E-state index is 11.9. The lowest BCUT2D eigenvalue weighted by atomic mass is 10.2. The highest BCUT2D eigenvalue weighted by molar-refractivity contribution is 7.09. The molecule has 0 aliphatic rings. The van der Waals surface area contributed by atoms with Gasteiger partial charge in [0, 0.05) is 10.9 Å². The van der Waals surface area contributed by atoms with Crippen molar-refractivity contribution in [2.45, 2.75) is 20.0 Å². The van der Waals surface area contributed by atoms with Gasteiger partial charge in [-0.1, -0.05) is 35.9 Å². The van der Waals surface area contributed by atoms with Crippen molar-refractivity contribution in [3.05, 3.63) is 81.8 Å². The number of benzene rings is 2. The second kappa shape index (κ2) is 10.9. The van der Waals surface area contributed by atoms with Crippen LogP contribution < -0.4 is 15.6 Å². The van der Waals surface area contributed by atoms with Crippen molar-refractivity contribution in [1.29, 1.82) is 0 Å². The van der Waals surface area contributed by atoms with Gasteiger partial charge in [0.05, 0.1) is 12.1 Å². The average Bonchev–Trinajstić information content (AvgIpc) is 3.23. The van der Waals surface area contributed by atoms with Crippen LogP contribution in [-0.4, -0.2) is 29.4 Å². The summed E-state index contributed by atoms with van der Waals surface area (Å²) < 4.78 is 10.6. The van der Waals surface area contributed by atoms with Crippen molar-refractivity contribution in [2.24, 2.45) is 0 Å². The van der Waals surface area contributed by atoms with E-state index in [4.69, 9.17) is 9.47 Å². The smallest absolute Gasteiger partial charge is 0.312 e. The molecule has 0 radical (unpaired) electrons. The highest BCUT2D eigenvalue weighted by Crippen LogP contribution is 2.16. The number of esters is 1. The molecule has 9 heteroatoms. The number of aromatic nitrogens is 1. The number of thiazole rings is 1. The molecular formula is C22H21N3O5S. The second-order valence-corrected chi connectivity index (χ2v) is 7.48. The third-order valence-corrected chi connectivity index (χ3v) is 4.89.